The van der Waals surface area contributed by atoms with Gasteiger partial charge in [-0.05, 0) is 76.6 Å². The van der Waals surface area contributed by atoms with Gasteiger partial charge in [-0.1, -0.05) is 12.1 Å². The number of rotatable bonds is 3. The van der Waals surface area contributed by atoms with Gasteiger partial charge in [-0.2, -0.15) is 5.10 Å². The monoisotopic (exact) mass is 501 g/mol. The Balaban J connectivity index is 1.37. The summed E-state index contributed by atoms with van der Waals surface area (Å²) in [5, 5.41) is 16.8. The highest BCUT2D eigenvalue weighted by Crippen LogP contribution is 2.33. The summed E-state index contributed by atoms with van der Waals surface area (Å²) >= 11 is 0. The number of amides is 2. The van der Waals surface area contributed by atoms with E-state index in [-0.39, 0.29) is 17.9 Å². The van der Waals surface area contributed by atoms with Crippen molar-refractivity contribution in [1.82, 2.24) is 29.7 Å². The lowest BCUT2D eigenvalue weighted by Crippen LogP contribution is -2.41. The molecule has 1 saturated heterocycles. The Morgan fingerprint density at radius 2 is 1.89 bits per heavy atom. The molecule has 4 aromatic rings. The van der Waals surface area contributed by atoms with Crippen molar-refractivity contribution in [3.05, 3.63) is 59.0 Å². The predicted molar refractivity (Wildman–Crippen MR) is 140 cm³/mol. The van der Waals surface area contributed by atoms with E-state index in [0.717, 1.165) is 40.7 Å². The SMILES string of the molecule is Cc1cn2nc(NC(=O)c3cccc4c(C5CCN(C(=O)OC(C)(C)C)CC5)cnnc34)cc(C)c2n1. The normalized spacial score (nSPS) is 14.8. The quantitative estimate of drug-likeness (QED) is 0.434. The molecule has 1 aliphatic heterocycles. The first kappa shape index (κ1) is 24.6. The van der Waals surface area contributed by atoms with Crippen LogP contribution in [-0.2, 0) is 4.74 Å². The van der Waals surface area contributed by atoms with Gasteiger partial charge in [0.25, 0.3) is 5.91 Å². The third kappa shape index (κ3) is 5.09. The first-order valence-electron chi connectivity index (χ1n) is 12.5. The lowest BCUT2D eigenvalue weighted by molar-refractivity contribution is 0.0205. The van der Waals surface area contributed by atoms with Crippen LogP contribution in [0.5, 0.6) is 0 Å². The van der Waals surface area contributed by atoms with Crippen LogP contribution in [0.2, 0.25) is 0 Å². The number of hydrogen-bond donors (Lipinski definition) is 1. The summed E-state index contributed by atoms with van der Waals surface area (Å²) < 4.78 is 7.19. The standard InChI is InChI=1S/C27H31N7O3/c1-16-13-22(32-34-15-17(2)29-24(16)34)30-25(35)20-8-6-7-19-21(14-28-31-23(19)20)18-9-11-33(12-10-18)26(36)37-27(3,4)5/h6-8,13-15,18H,9-12H2,1-5H3,(H,30,32,35). The van der Waals surface area contributed by atoms with Gasteiger partial charge >= 0.3 is 6.09 Å². The Bertz CT molecular complexity index is 1500. The fraction of sp³-hybridized carbons (Fsp3) is 0.407. The number of nitrogens with zero attached hydrogens (tertiary/aromatic N) is 6. The minimum absolute atomic E-state index is 0.200. The molecule has 10 heteroatoms. The molecule has 0 unspecified atom stereocenters. The molecule has 37 heavy (non-hydrogen) atoms. The van der Waals surface area contributed by atoms with Crippen molar-refractivity contribution in [3.63, 3.8) is 0 Å². The van der Waals surface area contributed by atoms with Gasteiger partial charge in [-0.15, -0.1) is 10.2 Å². The molecule has 0 atom stereocenters. The van der Waals surface area contributed by atoms with Crippen LogP contribution < -0.4 is 5.32 Å². The van der Waals surface area contributed by atoms with Crippen LogP contribution in [0.25, 0.3) is 16.6 Å². The number of carbonyl (C=O) groups excluding carboxylic acids is 2. The average Bonchev–Trinajstić information content (AvgIpc) is 3.23. The van der Waals surface area contributed by atoms with E-state index in [1.165, 1.54) is 0 Å². The zero-order chi connectivity index (χ0) is 26.3. The zero-order valence-electron chi connectivity index (χ0n) is 21.8. The number of anilines is 1. The summed E-state index contributed by atoms with van der Waals surface area (Å²) in [7, 11) is 0. The predicted octanol–water partition coefficient (Wildman–Crippen LogP) is 4.66. The highest BCUT2D eigenvalue weighted by Gasteiger charge is 2.29. The molecule has 1 fully saturated rings. The van der Waals surface area contributed by atoms with Gasteiger partial charge in [-0.3, -0.25) is 4.79 Å². The molecule has 0 saturated carbocycles. The molecule has 0 bridgehead atoms. The third-order valence-electron chi connectivity index (χ3n) is 6.50. The lowest BCUT2D eigenvalue weighted by Gasteiger charge is -2.33. The smallest absolute Gasteiger partial charge is 0.410 e. The molecular weight excluding hydrogens is 470 g/mol. The van der Waals surface area contributed by atoms with E-state index in [1.807, 2.05) is 52.9 Å². The minimum atomic E-state index is -0.520. The molecule has 192 valence electrons. The molecule has 1 aliphatic rings. The first-order chi connectivity index (χ1) is 17.6. The maximum absolute atomic E-state index is 13.3. The van der Waals surface area contributed by atoms with Gasteiger partial charge in [0, 0.05) is 18.5 Å². The molecule has 1 aromatic carbocycles. The maximum Gasteiger partial charge on any atom is 0.410 e. The summed E-state index contributed by atoms with van der Waals surface area (Å²) in [5.41, 5.74) is 4.02. The van der Waals surface area contributed by atoms with Gasteiger partial charge in [0.1, 0.15) is 11.1 Å². The van der Waals surface area contributed by atoms with Crippen molar-refractivity contribution in [3.8, 4) is 0 Å². The zero-order valence-corrected chi connectivity index (χ0v) is 21.8. The van der Waals surface area contributed by atoms with Crippen molar-refractivity contribution >= 4 is 34.4 Å². The summed E-state index contributed by atoms with van der Waals surface area (Å²) in [6.45, 7) is 10.6. The van der Waals surface area contributed by atoms with Crippen LogP contribution >= 0.6 is 0 Å². The summed E-state index contributed by atoms with van der Waals surface area (Å²) in [6.07, 6.45) is 4.88. The molecule has 5 rings (SSSR count). The summed E-state index contributed by atoms with van der Waals surface area (Å²) in [5.74, 6) is 0.328. The molecule has 0 spiro atoms. The average molecular weight is 502 g/mol. The van der Waals surface area contributed by atoms with Gasteiger partial charge in [0.2, 0.25) is 0 Å². The number of ether oxygens (including phenoxy) is 1. The number of likely N-dealkylation sites (tertiary alicyclic amines) is 1. The number of benzene rings is 1. The van der Waals surface area contributed by atoms with Crippen LogP contribution in [0.1, 0.15) is 66.7 Å². The second-order valence-electron chi connectivity index (χ2n) is 10.6. The Hall–Kier alpha value is -4.08. The van der Waals surface area contributed by atoms with E-state index >= 15 is 0 Å². The van der Waals surface area contributed by atoms with Crippen molar-refractivity contribution in [1.29, 1.82) is 0 Å². The molecule has 2 amide bonds. The highest BCUT2D eigenvalue weighted by atomic mass is 16.6. The van der Waals surface area contributed by atoms with Crippen LogP contribution in [-0.4, -0.2) is 60.4 Å². The van der Waals surface area contributed by atoms with Gasteiger partial charge in [-0.25, -0.2) is 14.3 Å². The maximum atomic E-state index is 13.3. The van der Waals surface area contributed by atoms with Crippen molar-refractivity contribution in [2.75, 3.05) is 18.4 Å². The van der Waals surface area contributed by atoms with E-state index in [4.69, 9.17) is 4.74 Å². The number of aromatic nitrogens is 5. The number of piperidine rings is 1. The fourth-order valence-electron chi connectivity index (χ4n) is 4.80. The second kappa shape index (κ2) is 9.42. The van der Waals surface area contributed by atoms with Gasteiger partial charge in [0.05, 0.1) is 23.7 Å². The Morgan fingerprint density at radius 3 is 2.62 bits per heavy atom. The van der Waals surface area contributed by atoms with Crippen LogP contribution in [0, 0.1) is 13.8 Å². The number of fused-ring (bicyclic) bond motifs is 2. The molecule has 3 aromatic heterocycles. The first-order valence-corrected chi connectivity index (χ1v) is 12.5. The molecular formula is C27H31N7O3. The van der Waals surface area contributed by atoms with E-state index in [0.29, 0.717) is 30.0 Å². The molecule has 0 aliphatic carbocycles. The number of aryl methyl sites for hydroxylation is 2. The molecule has 4 heterocycles. The van der Waals surface area contributed by atoms with E-state index < -0.39 is 5.60 Å². The van der Waals surface area contributed by atoms with Crippen LogP contribution in [0.15, 0.2) is 36.7 Å². The lowest BCUT2D eigenvalue weighted by atomic mass is 9.88. The van der Waals surface area contributed by atoms with Crippen LogP contribution in [0.3, 0.4) is 0 Å². The summed E-state index contributed by atoms with van der Waals surface area (Å²) in [4.78, 5) is 32.0. The van der Waals surface area contributed by atoms with Gasteiger partial charge in [0.15, 0.2) is 11.5 Å². The fourth-order valence-corrected chi connectivity index (χ4v) is 4.80. The number of nitrogens with one attached hydrogen (secondary N) is 1. The molecule has 10 nitrogen and oxygen atoms in total. The van der Waals surface area contributed by atoms with Crippen molar-refractivity contribution in [2.45, 2.75) is 59.0 Å². The topological polar surface area (TPSA) is 115 Å². The minimum Gasteiger partial charge on any atom is -0.444 e. The third-order valence-corrected chi connectivity index (χ3v) is 6.50. The molecule has 0 radical (unpaired) electrons. The van der Waals surface area contributed by atoms with E-state index in [9.17, 15) is 9.59 Å². The van der Waals surface area contributed by atoms with Crippen molar-refractivity contribution < 1.29 is 14.3 Å². The molecule has 1 N–H and O–H groups in total. The van der Waals surface area contributed by atoms with Crippen LogP contribution in [0.4, 0.5) is 10.6 Å². The highest BCUT2D eigenvalue weighted by molar-refractivity contribution is 6.11. The number of hydrogen-bond acceptors (Lipinski definition) is 7. The second-order valence-corrected chi connectivity index (χ2v) is 10.6. The summed E-state index contributed by atoms with van der Waals surface area (Å²) in [6, 6.07) is 7.38. The van der Waals surface area contributed by atoms with E-state index in [1.54, 1.807) is 27.7 Å². The Labute approximate surface area is 215 Å². The Morgan fingerprint density at radius 1 is 1.14 bits per heavy atom. The van der Waals surface area contributed by atoms with Crippen molar-refractivity contribution in [2.24, 2.45) is 0 Å². The largest absolute Gasteiger partial charge is 0.444 e. The number of carbonyl (C=O) groups is 2. The Kier molecular flexibility index (Phi) is 6.26. The van der Waals surface area contributed by atoms with Gasteiger partial charge < -0.3 is 15.0 Å². The van der Waals surface area contributed by atoms with E-state index in [2.05, 4.69) is 25.6 Å². The number of imidazole rings is 1.